The van der Waals surface area contributed by atoms with Crippen LogP contribution < -0.4 is 20.1 Å². The number of benzene rings is 2. The SMILES string of the molecule is COc1cccc(CNC23CC4CC(C)(CC(C)(C4)C2)C3)c1OCC(=O)Nc1ccc(C)cc1. The maximum atomic E-state index is 12.5. The molecule has 2 aromatic carbocycles. The van der Waals surface area contributed by atoms with Crippen LogP contribution in [0.1, 0.15) is 63.5 Å². The number of carbonyl (C=O) groups excluding carboxylic acids is 1. The van der Waals surface area contributed by atoms with Gasteiger partial charge in [-0.25, -0.2) is 0 Å². The van der Waals surface area contributed by atoms with E-state index in [-0.39, 0.29) is 18.1 Å². The average molecular weight is 463 g/mol. The summed E-state index contributed by atoms with van der Waals surface area (Å²) in [4.78, 5) is 12.5. The number of para-hydroxylation sites is 1. The van der Waals surface area contributed by atoms with Crippen molar-refractivity contribution < 1.29 is 14.3 Å². The maximum Gasteiger partial charge on any atom is 0.262 e. The zero-order chi connectivity index (χ0) is 24.0. The summed E-state index contributed by atoms with van der Waals surface area (Å²) in [6.45, 7) is 7.67. The van der Waals surface area contributed by atoms with Gasteiger partial charge in [0, 0.05) is 23.3 Å². The third-order valence-electron chi connectivity index (χ3n) is 8.24. The van der Waals surface area contributed by atoms with Gasteiger partial charge in [0.25, 0.3) is 5.91 Å². The number of ether oxygens (including phenoxy) is 2. The van der Waals surface area contributed by atoms with Gasteiger partial charge in [-0.1, -0.05) is 43.7 Å². The first kappa shape index (κ1) is 23.2. The normalized spacial score (nSPS) is 31.4. The highest BCUT2D eigenvalue weighted by atomic mass is 16.5. The topological polar surface area (TPSA) is 59.6 Å². The first-order chi connectivity index (χ1) is 16.2. The van der Waals surface area contributed by atoms with Crippen LogP contribution in [0.5, 0.6) is 11.5 Å². The highest BCUT2D eigenvalue weighted by Gasteiger charge is 2.59. The molecule has 0 radical (unpaired) electrons. The molecule has 2 aromatic rings. The zero-order valence-corrected chi connectivity index (χ0v) is 21.0. The Kier molecular flexibility index (Phi) is 5.87. The molecule has 4 bridgehead atoms. The third-order valence-corrected chi connectivity index (χ3v) is 8.24. The van der Waals surface area contributed by atoms with Gasteiger partial charge in [-0.15, -0.1) is 0 Å². The van der Waals surface area contributed by atoms with E-state index in [1.807, 2.05) is 43.3 Å². The molecule has 5 nitrogen and oxygen atoms in total. The summed E-state index contributed by atoms with van der Waals surface area (Å²) in [7, 11) is 1.65. The van der Waals surface area contributed by atoms with Crippen LogP contribution in [0.2, 0.25) is 0 Å². The second-order valence-electron chi connectivity index (χ2n) is 11.9. The first-order valence-corrected chi connectivity index (χ1v) is 12.6. The second-order valence-corrected chi connectivity index (χ2v) is 11.9. The van der Waals surface area contributed by atoms with E-state index in [0.717, 1.165) is 22.7 Å². The Labute approximate surface area is 203 Å². The number of aryl methyl sites for hydroxylation is 1. The van der Waals surface area contributed by atoms with Crippen molar-refractivity contribution in [3.63, 3.8) is 0 Å². The lowest BCUT2D eigenvalue weighted by Gasteiger charge is -2.65. The van der Waals surface area contributed by atoms with Crippen LogP contribution in [0.3, 0.4) is 0 Å². The van der Waals surface area contributed by atoms with Crippen LogP contribution in [-0.2, 0) is 11.3 Å². The number of nitrogens with one attached hydrogen (secondary N) is 2. The molecule has 0 heterocycles. The molecular formula is C29H38N2O3. The number of methoxy groups -OCH3 is 1. The molecular weight excluding hydrogens is 424 g/mol. The number of amides is 1. The Morgan fingerprint density at radius 3 is 2.35 bits per heavy atom. The van der Waals surface area contributed by atoms with Crippen molar-refractivity contribution in [1.29, 1.82) is 0 Å². The molecule has 0 spiro atoms. The molecule has 4 aliphatic carbocycles. The van der Waals surface area contributed by atoms with Crippen molar-refractivity contribution in [1.82, 2.24) is 5.32 Å². The van der Waals surface area contributed by atoms with Gasteiger partial charge in [-0.2, -0.15) is 0 Å². The molecule has 0 aliphatic heterocycles. The average Bonchev–Trinajstić information content (AvgIpc) is 2.75. The molecule has 2 atom stereocenters. The fraction of sp³-hybridized carbons (Fsp3) is 0.552. The van der Waals surface area contributed by atoms with E-state index in [0.29, 0.717) is 28.9 Å². The van der Waals surface area contributed by atoms with Gasteiger partial charge in [-0.3, -0.25) is 4.79 Å². The lowest BCUT2D eigenvalue weighted by atomic mass is 9.43. The fourth-order valence-corrected chi connectivity index (χ4v) is 7.92. The molecule has 182 valence electrons. The summed E-state index contributed by atoms with van der Waals surface area (Å²) in [5, 5.41) is 6.89. The number of anilines is 1. The number of hydrogen-bond donors (Lipinski definition) is 2. The van der Waals surface area contributed by atoms with Crippen LogP contribution in [0.4, 0.5) is 5.69 Å². The predicted molar refractivity (Wildman–Crippen MR) is 135 cm³/mol. The van der Waals surface area contributed by atoms with Gasteiger partial charge in [-0.05, 0) is 80.4 Å². The van der Waals surface area contributed by atoms with Crippen LogP contribution >= 0.6 is 0 Å². The Bertz CT molecular complexity index is 1050. The molecule has 34 heavy (non-hydrogen) atoms. The standard InChI is InChI=1S/C29H38N2O3/c1-20-8-10-23(11-9-20)31-25(32)16-34-26-22(6-5-7-24(26)33-4)15-30-29-14-21-12-27(2,18-29)17-28(3,13-21)19-29/h5-11,21,30H,12-19H2,1-4H3,(H,31,32). The molecule has 0 aromatic heterocycles. The van der Waals surface area contributed by atoms with Crippen molar-refractivity contribution in [2.45, 2.75) is 71.4 Å². The third kappa shape index (κ3) is 4.68. The van der Waals surface area contributed by atoms with E-state index in [1.54, 1.807) is 7.11 Å². The van der Waals surface area contributed by atoms with Crippen molar-refractivity contribution in [3.05, 3.63) is 53.6 Å². The Hall–Kier alpha value is -2.53. The smallest absolute Gasteiger partial charge is 0.262 e. The lowest BCUT2D eigenvalue weighted by Crippen LogP contribution is -2.63. The quantitative estimate of drug-likeness (QED) is 0.516. The summed E-state index contributed by atoms with van der Waals surface area (Å²) in [5.74, 6) is 1.96. The molecule has 1 amide bonds. The minimum Gasteiger partial charge on any atom is -0.493 e. The first-order valence-electron chi connectivity index (χ1n) is 12.6. The summed E-state index contributed by atoms with van der Waals surface area (Å²) in [5.41, 5.74) is 4.08. The maximum absolute atomic E-state index is 12.5. The van der Waals surface area contributed by atoms with Gasteiger partial charge in [0.15, 0.2) is 18.1 Å². The van der Waals surface area contributed by atoms with Crippen molar-refractivity contribution >= 4 is 11.6 Å². The molecule has 5 heteroatoms. The molecule has 2 N–H and O–H groups in total. The summed E-state index contributed by atoms with van der Waals surface area (Å²) < 4.78 is 11.6. The molecule has 4 aliphatic rings. The van der Waals surface area contributed by atoms with E-state index in [4.69, 9.17) is 9.47 Å². The van der Waals surface area contributed by atoms with Gasteiger partial charge in [0.1, 0.15) is 0 Å². The molecule has 6 rings (SSSR count). The summed E-state index contributed by atoms with van der Waals surface area (Å²) in [6.07, 6.45) is 7.92. The lowest BCUT2D eigenvalue weighted by molar-refractivity contribution is -0.119. The van der Waals surface area contributed by atoms with Gasteiger partial charge < -0.3 is 20.1 Å². The summed E-state index contributed by atoms with van der Waals surface area (Å²) in [6, 6.07) is 13.7. The van der Waals surface area contributed by atoms with E-state index in [9.17, 15) is 4.79 Å². The Morgan fingerprint density at radius 1 is 1.00 bits per heavy atom. The van der Waals surface area contributed by atoms with Crippen LogP contribution in [-0.4, -0.2) is 25.2 Å². The fourth-order valence-electron chi connectivity index (χ4n) is 7.92. The number of rotatable bonds is 8. The molecule has 2 unspecified atom stereocenters. The van der Waals surface area contributed by atoms with E-state index < -0.39 is 0 Å². The van der Waals surface area contributed by atoms with Gasteiger partial charge in [0.2, 0.25) is 0 Å². The monoisotopic (exact) mass is 462 g/mol. The van der Waals surface area contributed by atoms with Gasteiger partial charge in [0.05, 0.1) is 7.11 Å². The highest BCUT2D eigenvalue weighted by Crippen LogP contribution is 2.66. The van der Waals surface area contributed by atoms with Crippen LogP contribution in [0, 0.1) is 23.7 Å². The van der Waals surface area contributed by atoms with E-state index in [2.05, 4.69) is 30.5 Å². The molecule has 4 saturated carbocycles. The second kappa shape index (κ2) is 8.60. The minimum absolute atomic E-state index is 0.0649. The number of carbonyl (C=O) groups is 1. The van der Waals surface area contributed by atoms with Gasteiger partial charge >= 0.3 is 0 Å². The minimum atomic E-state index is -0.185. The van der Waals surface area contributed by atoms with Crippen molar-refractivity contribution in [2.24, 2.45) is 16.7 Å². The van der Waals surface area contributed by atoms with Crippen LogP contribution in [0.25, 0.3) is 0 Å². The predicted octanol–water partition coefficient (Wildman–Crippen LogP) is 5.86. The Morgan fingerprint density at radius 2 is 1.71 bits per heavy atom. The van der Waals surface area contributed by atoms with E-state index in [1.165, 1.54) is 38.5 Å². The number of hydrogen-bond acceptors (Lipinski definition) is 4. The van der Waals surface area contributed by atoms with E-state index >= 15 is 0 Å². The molecule has 4 fully saturated rings. The van der Waals surface area contributed by atoms with Crippen LogP contribution in [0.15, 0.2) is 42.5 Å². The zero-order valence-electron chi connectivity index (χ0n) is 21.0. The Balaban J connectivity index is 1.28. The van der Waals surface area contributed by atoms with Crippen molar-refractivity contribution in [3.8, 4) is 11.5 Å². The summed E-state index contributed by atoms with van der Waals surface area (Å²) >= 11 is 0. The molecule has 0 saturated heterocycles. The largest absolute Gasteiger partial charge is 0.493 e. The van der Waals surface area contributed by atoms with Crippen molar-refractivity contribution in [2.75, 3.05) is 19.0 Å². The highest BCUT2D eigenvalue weighted by molar-refractivity contribution is 5.91.